The predicted octanol–water partition coefficient (Wildman–Crippen LogP) is 4.61. The van der Waals surface area contributed by atoms with Crippen LogP contribution in [0.4, 0.5) is 11.4 Å². The number of nitrogens with zero attached hydrogens (tertiary/aromatic N) is 3. The molecule has 8 heteroatoms. The number of methoxy groups -OCH3 is 1. The minimum absolute atomic E-state index is 0.115. The van der Waals surface area contributed by atoms with Crippen LogP contribution in [0.1, 0.15) is 50.2 Å². The number of hydrogen-bond donors (Lipinski definition) is 2. The van der Waals surface area contributed by atoms with Gasteiger partial charge in [-0.2, -0.15) is 0 Å². The number of benzene rings is 1. The molecule has 32 heavy (non-hydrogen) atoms. The van der Waals surface area contributed by atoms with E-state index in [9.17, 15) is 4.79 Å². The number of carbonyl (C=O) groups is 1. The highest BCUT2D eigenvalue weighted by atomic mass is 32.1. The zero-order valence-electron chi connectivity index (χ0n) is 18.6. The molecule has 1 saturated heterocycles. The summed E-state index contributed by atoms with van der Waals surface area (Å²) in [5, 5.41) is 6.91. The summed E-state index contributed by atoms with van der Waals surface area (Å²) in [5.41, 5.74) is 3.49. The van der Waals surface area contributed by atoms with Crippen molar-refractivity contribution in [2.45, 2.75) is 38.9 Å². The summed E-state index contributed by atoms with van der Waals surface area (Å²) in [6, 6.07) is 13.8. The van der Waals surface area contributed by atoms with Crippen LogP contribution in [0.25, 0.3) is 0 Å². The van der Waals surface area contributed by atoms with E-state index in [0.29, 0.717) is 22.6 Å². The molecule has 1 aliphatic rings. The first-order chi connectivity index (χ1) is 15.4. The molecule has 4 rings (SSSR count). The molecule has 0 radical (unpaired) electrons. The molecule has 2 aromatic heterocycles. The van der Waals surface area contributed by atoms with Crippen LogP contribution in [0.3, 0.4) is 0 Å². The van der Waals surface area contributed by atoms with Crippen molar-refractivity contribution >= 4 is 34.6 Å². The van der Waals surface area contributed by atoms with Crippen molar-refractivity contribution in [2.24, 2.45) is 0 Å². The molecule has 1 aliphatic heterocycles. The fourth-order valence-electron chi connectivity index (χ4n) is 4.03. The highest BCUT2D eigenvalue weighted by Gasteiger charge is 2.41. The summed E-state index contributed by atoms with van der Waals surface area (Å²) in [6.45, 7) is 5.78. The summed E-state index contributed by atoms with van der Waals surface area (Å²) >= 11 is 5.79. The fraction of sp³-hybridized carbons (Fsp3) is 0.292. The summed E-state index contributed by atoms with van der Waals surface area (Å²) in [5.74, 6) is 0.422. The second-order valence-corrected chi connectivity index (χ2v) is 8.43. The van der Waals surface area contributed by atoms with Crippen LogP contribution in [0, 0.1) is 0 Å². The van der Waals surface area contributed by atoms with Crippen LogP contribution in [-0.4, -0.2) is 27.7 Å². The normalized spacial score (nSPS) is 18.0. The maximum Gasteiger partial charge on any atom is 0.221 e. The minimum Gasteiger partial charge on any atom is -0.495 e. The first-order valence-electron chi connectivity index (χ1n) is 10.5. The highest BCUT2D eigenvalue weighted by molar-refractivity contribution is 7.80. The number of rotatable bonds is 6. The number of carbonyl (C=O) groups excluding carboxylic acids is 1. The second kappa shape index (κ2) is 9.00. The van der Waals surface area contributed by atoms with Crippen LogP contribution in [0.5, 0.6) is 5.75 Å². The SMILES string of the molecule is COc1ccc(N2C(=S)N[C@H](c3ccccn3)[C@@H]2c2ccn(C(C)C)c2)cc1NC(C)=O. The van der Waals surface area contributed by atoms with Crippen LogP contribution in [0.15, 0.2) is 61.1 Å². The molecule has 1 aromatic carbocycles. The van der Waals surface area contributed by atoms with Gasteiger partial charge in [0.25, 0.3) is 0 Å². The Balaban J connectivity index is 1.82. The Morgan fingerprint density at radius 1 is 1.25 bits per heavy atom. The number of hydrogen-bond acceptors (Lipinski definition) is 4. The van der Waals surface area contributed by atoms with Crippen molar-refractivity contribution in [1.29, 1.82) is 0 Å². The number of pyridine rings is 1. The number of aromatic nitrogens is 2. The molecule has 3 aromatic rings. The molecule has 7 nitrogen and oxygen atoms in total. The Morgan fingerprint density at radius 2 is 2.06 bits per heavy atom. The second-order valence-electron chi connectivity index (χ2n) is 8.05. The molecular weight excluding hydrogens is 422 g/mol. The molecule has 2 N–H and O–H groups in total. The van der Waals surface area contributed by atoms with Crippen LogP contribution in [0.2, 0.25) is 0 Å². The van der Waals surface area contributed by atoms with Gasteiger partial charge in [-0.1, -0.05) is 6.07 Å². The molecule has 1 amide bonds. The monoisotopic (exact) mass is 449 g/mol. The molecule has 0 bridgehead atoms. The number of ether oxygens (including phenoxy) is 1. The Hall–Kier alpha value is -3.39. The van der Waals surface area contributed by atoms with Gasteiger partial charge in [-0.3, -0.25) is 9.78 Å². The average molecular weight is 450 g/mol. The van der Waals surface area contributed by atoms with Crippen LogP contribution < -0.4 is 20.3 Å². The number of anilines is 2. The molecule has 0 saturated carbocycles. The lowest BCUT2D eigenvalue weighted by Crippen LogP contribution is -2.29. The number of nitrogens with one attached hydrogen (secondary N) is 2. The molecular formula is C24H27N5O2S. The van der Waals surface area contributed by atoms with Crippen molar-refractivity contribution < 1.29 is 9.53 Å². The molecule has 0 spiro atoms. The van der Waals surface area contributed by atoms with Gasteiger partial charge in [-0.15, -0.1) is 0 Å². The van der Waals surface area contributed by atoms with Gasteiger partial charge in [0.05, 0.1) is 30.6 Å². The van der Waals surface area contributed by atoms with Crippen molar-refractivity contribution in [3.05, 3.63) is 72.3 Å². The third-order valence-electron chi connectivity index (χ3n) is 5.55. The maximum absolute atomic E-state index is 11.7. The van der Waals surface area contributed by atoms with Crippen molar-refractivity contribution in [3.8, 4) is 5.75 Å². The van der Waals surface area contributed by atoms with E-state index in [4.69, 9.17) is 17.0 Å². The van der Waals surface area contributed by atoms with E-state index >= 15 is 0 Å². The highest BCUT2D eigenvalue weighted by Crippen LogP contribution is 2.43. The predicted molar refractivity (Wildman–Crippen MR) is 130 cm³/mol. The van der Waals surface area contributed by atoms with Crippen LogP contribution in [-0.2, 0) is 4.79 Å². The molecule has 2 atom stereocenters. The standard InChI is InChI=1S/C24H27N5O2S/c1-15(2)28-12-10-17(14-28)23-22(19-7-5-6-11-25-19)27-24(32)29(23)18-8-9-21(31-4)20(13-18)26-16(3)30/h5-15,22-23H,1-4H3,(H,26,30)(H,27,32)/t22-,23+/m1/s1. The summed E-state index contributed by atoms with van der Waals surface area (Å²) in [6.07, 6.45) is 6.04. The van der Waals surface area contributed by atoms with Crippen molar-refractivity contribution in [1.82, 2.24) is 14.9 Å². The zero-order valence-corrected chi connectivity index (χ0v) is 19.4. The smallest absolute Gasteiger partial charge is 0.221 e. The van der Waals surface area contributed by atoms with Gasteiger partial charge in [0, 0.05) is 37.2 Å². The van der Waals surface area contributed by atoms with Gasteiger partial charge in [0.15, 0.2) is 5.11 Å². The van der Waals surface area contributed by atoms with E-state index < -0.39 is 0 Å². The van der Waals surface area contributed by atoms with E-state index in [1.165, 1.54) is 6.92 Å². The number of thiocarbonyl (C=S) groups is 1. The molecule has 1 fully saturated rings. The van der Waals surface area contributed by atoms with Gasteiger partial charge in [0.2, 0.25) is 5.91 Å². The lowest BCUT2D eigenvalue weighted by molar-refractivity contribution is -0.114. The van der Waals surface area contributed by atoms with Gasteiger partial charge < -0.3 is 24.8 Å². The Bertz CT molecular complexity index is 1130. The van der Waals surface area contributed by atoms with E-state index in [1.54, 1.807) is 13.3 Å². The Morgan fingerprint density at radius 3 is 2.69 bits per heavy atom. The summed E-state index contributed by atoms with van der Waals surface area (Å²) in [7, 11) is 1.58. The van der Waals surface area contributed by atoms with Crippen LogP contribution >= 0.6 is 12.2 Å². The first kappa shape index (κ1) is 21.8. The lowest BCUT2D eigenvalue weighted by atomic mass is 9.98. The fourth-order valence-corrected chi connectivity index (χ4v) is 4.38. The van der Waals surface area contributed by atoms with Gasteiger partial charge in [0.1, 0.15) is 5.75 Å². The lowest BCUT2D eigenvalue weighted by Gasteiger charge is -2.28. The largest absolute Gasteiger partial charge is 0.495 e. The molecule has 166 valence electrons. The van der Waals surface area contributed by atoms with E-state index in [0.717, 1.165) is 16.9 Å². The van der Waals surface area contributed by atoms with E-state index in [2.05, 4.69) is 57.4 Å². The average Bonchev–Trinajstić information content (AvgIpc) is 3.38. The van der Waals surface area contributed by atoms with Crippen molar-refractivity contribution in [3.63, 3.8) is 0 Å². The first-order valence-corrected chi connectivity index (χ1v) is 10.9. The van der Waals surface area contributed by atoms with Gasteiger partial charge in [-0.05, 0) is 68.0 Å². The van der Waals surface area contributed by atoms with E-state index in [-0.39, 0.29) is 18.0 Å². The van der Waals surface area contributed by atoms with Gasteiger partial charge in [-0.25, -0.2) is 0 Å². The molecule has 3 heterocycles. The quantitative estimate of drug-likeness (QED) is 0.536. The molecule has 0 unspecified atom stereocenters. The van der Waals surface area contributed by atoms with Gasteiger partial charge >= 0.3 is 0 Å². The van der Waals surface area contributed by atoms with E-state index in [1.807, 2.05) is 36.4 Å². The zero-order chi connectivity index (χ0) is 22.8. The number of amides is 1. The Kier molecular flexibility index (Phi) is 6.14. The third-order valence-corrected chi connectivity index (χ3v) is 5.86. The maximum atomic E-state index is 11.7. The van der Waals surface area contributed by atoms with Crippen molar-refractivity contribution in [2.75, 3.05) is 17.3 Å². The third kappa shape index (κ3) is 4.18. The Labute approximate surface area is 193 Å². The summed E-state index contributed by atoms with van der Waals surface area (Å²) < 4.78 is 7.61. The molecule has 0 aliphatic carbocycles. The topological polar surface area (TPSA) is 71.4 Å². The summed E-state index contributed by atoms with van der Waals surface area (Å²) in [4.78, 5) is 18.4. The minimum atomic E-state index is -0.167.